The number of hydrogen-bond acceptors (Lipinski definition) is 4. The van der Waals surface area contributed by atoms with Gasteiger partial charge in [0.25, 0.3) is 0 Å². The van der Waals surface area contributed by atoms with E-state index in [0.29, 0.717) is 0 Å². The summed E-state index contributed by atoms with van der Waals surface area (Å²) in [5.74, 6) is 0. The fourth-order valence-electron chi connectivity index (χ4n) is 5.71. The lowest BCUT2D eigenvalue weighted by molar-refractivity contribution is 0.684. The summed E-state index contributed by atoms with van der Waals surface area (Å²) in [6, 6.07) is 11.3. The molecule has 0 aliphatic rings. The molecule has 0 aromatic heterocycles. The number of aryl methyl sites for hydroxylation is 8. The van der Waals surface area contributed by atoms with Gasteiger partial charge in [-0.2, -0.15) is 0 Å². The van der Waals surface area contributed by atoms with Crippen molar-refractivity contribution in [2.45, 2.75) is 75.4 Å². The average Bonchev–Trinajstić information content (AvgIpc) is 2.79. The first-order valence-electron chi connectivity index (χ1n) is 13.7. The highest BCUT2D eigenvalue weighted by Gasteiger charge is 2.11. The zero-order valence-electron chi connectivity index (χ0n) is 24.6. The average molecular weight is 501 g/mol. The van der Waals surface area contributed by atoms with E-state index in [1.807, 2.05) is 0 Å². The maximum Gasteiger partial charge on any atom is 0.0400 e. The number of benzene rings is 3. The van der Waals surface area contributed by atoms with Gasteiger partial charge in [-0.25, -0.2) is 0 Å². The van der Waals surface area contributed by atoms with Crippen LogP contribution in [0.5, 0.6) is 0 Å². The molecule has 0 fully saturated rings. The lowest BCUT2D eigenvalue weighted by atomic mass is 9.93. The van der Waals surface area contributed by atoms with E-state index in [4.69, 9.17) is 0 Å². The standard InChI is InChI=1S/C33H48N4/c1-21-14-25(5)32(26(6)15-21)36-12-10-34-19-30-23(3)18-24(4)31(29(30)9)20-35-11-13-37-33-27(7)16-22(2)17-28(33)8/h14-18,34-37H,10-13,19-20H2,1-9H3. The zero-order valence-corrected chi connectivity index (χ0v) is 24.6. The van der Waals surface area contributed by atoms with Crippen molar-refractivity contribution in [3.05, 3.63) is 91.5 Å². The van der Waals surface area contributed by atoms with Crippen molar-refractivity contribution in [1.82, 2.24) is 10.6 Å². The first-order chi connectivity index (χ1) is 17.6. The maximum absolute atomic E-state index is 3.67. The van der Waals surface area contributed by atoms with Crippen molar-refractivity contribution in [1.29, 1.82) is 0 Å². The molecule has 0 spiro atoms. The number of hydrogen-bond donors (Lipinski definition) is 4. The highest BCUT2D eigenvalue weighted by molar-refractivity contribution is 5.59. The predicted molar refractivity (Wildman–Crippen MR) is 162 cm³/mol. The minimum atomic E-state index is 0.895. The van der Waals surface area contributed by atoms with Gasteiger partial charge in [0.15, 0.2) is 0 Å². The SMILES string of the molecule is Cc1cc(C)c(NCCNCc2c(C)cc(C)c(CNCCNc3c(C)cc(C)cc3C)c2C)c(C)c1. The third-order valence-corrected chi connectivity index (χ3v) is 7.46. The molecule has 0 radical (unpaired) electrons. The van der Waals surface area contributed by atoms with E-state index in [2.05, 4.69) is 114 Å². The van der Waals surface area contributed by atoms with E-state index in [1.54, 1.807) is 0 Å². The molecule has 4 nitrogen and oxygen atoms in total. The van der Waals surface area contributed by atoms with E-state index in [9.17, 15) is 0 Å². The quantitative estimate of drug-likeness (QED) is 0.205. The maximum atomic E-state index is 3.67. The third kappa shape index (κ3) is 7.59. The molecule has 0 aliphatic carbocycles. The zero-order chi connectivity index (χ0) is 27.1. The Bertz CT molecular complexity index is 1090. The van der Waals surface area contributed by atoms with E-state index in [-0.39, 0.29) is 0 Å². The van der Waals surface area contributed by atoms with Crippen LogP contribution in [-0.2, 0) is 13.1 Å². The molecule has 37 heavy (non-hydrogen) atoms. The molecule has 0 aliphatic heterocycles. The summed E-state index contributed by atoms with van der Waals surface area (Å²) in [6.07, 6.45) is 0. The molecule has 0 amide bonds. The van der Waals surface area contributed by atoms with E-state index >= 15 is 0 Å². The highest BCUT2D eigenvalue weighted by atomic mass is 15.0. The lowest BCUT2D eigenvalue weighted by Crippen LogP contribution is -2.25. The Morgan fingerprint density at radius 1 is 0.432 bits per heavy atom. The van der Waals surface area contributed by atoms with Gasteiger partial charge in [-0.1, -0.05) is 41.5 Å². The first-order valence-corrected chi connectivity index (χ1v) is 13.7. The van der Waals surface area contributed by atoms with E-state index in [1.165, 1.54) is 72.6 Å². The molecular weight excluding hydrogens is 452 g/mol. The molecule has 0 unspecified atom stereocenters. The van der Waals surface area contributed by atoms with Crippen molar-refractivity contribution in [2.75, 3.05) is 36.8 Å². The van der Waals surface area contributed by atoms with Crippen LogP contribution in [0.4, 0.5) is 11.4 Å². The summed E-state index contributed by atoms with van der Waals surface area (Å²) in [6.45, 7) is 25.3. The Balaban J connectivity index is 1.50. The van der Waals surface area contributed by atoms with Crippen molar-refractivity contribution in [3.63, 3.8) is 0 Å². The first kappa shape index (κ1) is 28.7. The number of nitrogens with one attached hydrogen (secondary N) is 4. The van der Waals surface area contributed by atoms with Crippen LogP contribution < -0.4 is 21.3 Å². The minimum Gasteiger partial charge on any atom is -0.383 e. The Morgan fingerprint density at radius 2 is 0.784 bits per heavy atom. The number of rotatable bonds is 12. The minimum absolute atomic E-state index is 0.895. The van der Waals surface area contributed by atoms with Crippen molar-refractivity contribution < 1.29 is 0 Å². The lowest BCUT2D eigenvalue weighted by Gasteiger charge is -2.19. The van der Waals surface area contributed by atoms with Crippen molar-refractivity contribution >= 4 is 11.4 Å². The fraction of sp³-hybridized carbons (Fsp3) is 0.455. The molecule has 0 saturated carbocycles. The molecule has 0 bridgehead atoms. The second-order valence-corrected chi connectivity index (χ2v) is 10.8. The van der Waals surface area contributed by atoms with Crippen LogP contribution in [0.15, 0.2) is 30.3 Å². The van der Waals surface area contributed by atoms with E-state index < -0.39 is 0 Å². The van der Waals surface area contributed by atoms with Gasteiger partial charge < -0.3 is 21.3 Å². The van der Waals surface area contributed by atoms with Gasteiger partial charge in [-0.05, 0) is 112 Å². The van der Waals surface area contributed by atoms with Crippen LogP contribution in [0.1, 0.15) is 61.2 Å². The number of anilines is 2. The molecule has 0 saturated heterocycles. The molecule has 3 aromatic carbocycles. The third-order valence-electron chi connectivity index (χ3n) is 7.46. The summed E-state index contributed by atoms with van der Waals surface area (Å²) in [5.41, 5.74) is 17.5. The van der Waals surface area contributed by atoms with Gasteiger partial charge in [0.2, 0.25) is 0 Å². The molecular formula is C33H48N4. The molecule has 3 aromatic rings. The Labute approximate surface area is 225 Å². The Kier molecular flexibility index (Phi) is 10.2. The van der Waals surface area contributed by atoms with Gasteiger partial charge in [0.1, 0.15) is 0 Å². The molecule has 3 rings (SSSR count). The molecule has 4 heteroatoms. The summed E-state index contributed by atoms with van der Waals surface area (Å²) in [4.78, 5) is 0. The summed E-state index contributed by atoms with van der Waals surface area (Å²) in [5, 5.41) is 14.6. The monoisotopic (exact) mass is 500 g/mol. The van der Waals surface area contributed by atoms with Crippen LogP contribution in [0.2, 0.25) is 0 Å². The van der Waals surface area contributed by atoms with Crippen LogP contribution >= 0.6 is 0 Å². The Hall–Kier alpha value is -2.82. The van der Waals surface area contributed by atoms with Crippen molar-refractivity contribution in [3.8, 4) is 0 Å². The normalized spacial score (nSPS) is 11.2. The highest BCUT2D eigenvalue weighted by Crippen LogP contribution is 2.24. The summed E-state index contributed by atoms with van der Waals surface area (Å²) >= 11 is 0. The van der Waals surface area contributed by atoms with Gasteiger partial charge in [0.05, 0.1) is 0 Å². The van der Waals surface area contributed by atoms with E-state index in [0.717, 1.165) is 39.3 Å². The van der Waals surface area contributed by atoms with Crippen LogP contribution in [0, 0.1) is 62.3 Å². The van der Waals surface area contributed by atoms with Gasteiger partial charge in [0, 0.05) is 50.6 Å². The second kappa shape index (κ2) is 13.1. The van der Waals surface area contributed by atoms with Gasteiger partial charge in [-0.15, -0.1) is 0 Å². The second-order valence-electron chi connectivity index (χ2n) is 10.8. The largest absolute Gasteiger partial charge is 0.383 e. The van der Waals surface area contributed by atoms with Gasteiger partial charge >= 0.3 is 0 Å². The van der Waals surface area contributed by atoms with Gasteiger partial charge in [-0.3, -0.25) is 0 Å². The van der Waals surface area contributed by atoms with Crippen molar-refractivity contribution in [2.24, 2.45) is 0 Å². The smallest absolute Gasteiger partial charge is 0.0400 e. The molecule has 4 N–H and O–H groups in total. The summed E-state index contributed by atoms with van der Waals surface area (Å²) in [7, 11) is 0. The van der Waals surface area contributed by atoms with Crippen LogP contribution in [0.25, 0.3) is 0 Å². The predicted octanol–water partition coefficient (Wildman–Crippen LogP) is 6.87. The van der Waals surface area contributed by atoms with Crippen LogP contribution in [-0.4, -0.2) is 26.2 Å². The molecule has 200 valence electrons. The topological polar surface area (TPSA) is 48.1 Å². The fourth-order valence-corrected chi connectivity index (χ4v) is 5.71. The Morgan fingerprint density at radius 3 is 1.14 bits per heavy atom. The molecule has 0 atom stereocenters. The molecule has 0 heterocycles. The van der Waals surface area contributed by atoms with Crippen LogP contribution in [0.3, 0.4) is 0 Å². The summed E-state index contributed by atoms with van der Waals surface area (Å²) < 4.78 is 0.